The standard InChI is InChI=1S/C47H74N2.2C4H9.Pd/c1-9-17-22-23-31-45-44(30-21-13-5)46(41-34-38(27-18-10-2)43(29-20-12-4)39(35-41)28-19-11-3)49(48)47(45)40-32-36(24-14-6)42(26-16-8)37(33-40)25-15-7;2*1-3-4-2;/h32-35H,9-31H2,1-8H3;2*1,3-4H2,2H3;. The molecule has 0 aliphatic carbocycles. The molecule has 2 nitrogen and oxygen atoms in total. The van der Waals surface area contributed by atoms with Gasteiger partial charge in [-0.05, 0) is 141 Å². The Balaban J connectivity index is 0.00000115. The van der Waals surface area contributed by atoms with Crippen molar-refractivity contribution in [1.82, 2.24) is 0 Å². The zero-order valence-electron chi connectivity index (χ0n) is 40.0. The summed E-state index contributed by atoms with van der Waals surface area (Å²) in [7, 11) is 0. The molecule has 2 aromatic carbocycles. The second kappa shape index (κ2) is 32.0. The Morgan fingerprint density at radius 3 is 1.14 bits per heavy atom. The second-order valence-electron chi connectivity index (χ2n) is 17.2. The van der Waals surface area contributed by atoms with Crippen LogP contribution in [0.25, 0.3) is 16.9 Å². The van der Waals surface area contributed by atoms with Crippen LogP contribution < -0.4 is 0 Å². The first kappa shape index (κ1) is 52.3. The monoisotopic (exact) mass is 887 g/mol. The van der Waals surface area contributed by atoms with Gasteiger partial charge in [0.25, 0.3) is 0 Å². The van der Waals surface area contributed by atoms with E-state index in [0.717, 1.165) is 100 Å². The van der Waals surface area contributed by atoms with Gasteiger partial charge >= 0.3 is 67.3 Å². The van der Waals surface area contributed by atoms with Gasteiger partial charge in [0, 0.05) is 22.3 Å². The third kappa shape index (κ3) is 16.9. The van der Waals surface area contributed by atoms with Crippen molar-refractivity contribution in [1.29, 1.82) is 0 Å². The molecule has 3 heteroatoms. The van der Waals surface area contributed by atoms with E-state index in [2.05, 4.69) is 93.5 Å². The zero-order valence-corrected chi connectivity index (χ0v) is 41.6. The van der Waals surface area contributed by atoms with Gasteiger partial charge in [-0.2, -0.15) is 0 Å². The Kier molecular flexibility index (Phi) is 28.8. The van der Waals surface area contributed by atoms with Gasteiger partial charge in [0.05, 0.1) is 0 Å². The molecule has 0 saturated heterocycles. The van der Waals surface area contributed by atoms with E-state index in [4.69, 9.17) is 0 Å². The van der Waals surface area contributed by atoms with Crippen LogP contribution in [-0.2, 0) is 56.5 Å². The molecule has 0 aromatic heterocycles. The number of allylic oxidation sites excluding steroid dienone is 2. The van der Waals surface area contributed by atoms with E-state index >= 15 is 0 Å². The first-order chi connectivity index (χ1) is 28.3. The predicted octanol–water partition coefficient (Wildman–Crippen LogP) is 18.4. The van der Waals surface area contributed by atoms with Crippen LogP contribution >= 0.6 is 0 Å². The van der Waals surface area contributed by atoms with E-state index in [0.29, 0.717) is 0 Å². The van der Waals surface area contributed by atoms with Crippen molar-refractivity contribution in [3.63, 3.8) is 0 Å². The summed E-state index contributed by atoms with van der Waals surface area (Å²) in [5.41, 5.74) is 29.4. The van der Waals surface area contributed by atoms with E-state index in [1.807, 2.05) is 0 Å². The van der Waals surface area contributed by atoms with Gasteiger partial charge in [-0.25, -0.2) is 4.70 Å². The molecule has 0 radical (unpaired) electrons. The molecule has 0 N–H and O–H groups in total. The van der Waals surface area contributed by atoms with E-state index in [1.165, 1.54) is 157 Å². The number of nitrogens with zero attached hydrogens (tertiary/aromatic N) is 2. The molecule has 3 rings (SSSR count). The summed E-state index contributed by atoms with van der Waals surface area (Å²) >= 11 is 1.07. The summed E-state index contributed by atoms with van der Waals surface area (Å²) in [5, 5.41) is 0. The van der Waals surface area contributed by atoms with Gasteiger partial charge in [-0.15, -0.1) is 0 Å². The molecule has 1 heterocycles. The Morgan fingerprint density at radius 1 is 0.362 bits per heavy atom. The first-order valence-electron chi connectivity index (χ1n) is 25.1. The molecule has 0 spiro atoms. The number of rotatable bonds is 31. The third-order valence-electron chi connectivity index (χ3n) is 11.9. The zero-order chi connectivity index (χ0) is 42.5. The van der Waals surface area contributed by atoms with Crippen LogP contribution in [0.4, 0.5) is 0 Å². The fourth-order valence-corrected chi connectivity index (χ4v) is 10.9. The van der Waals surface area contributed by atoms with Crippen molar-refractivity contribution in [2.45, 2.75) is 252 Å². The molecule has 0 unspecified atom stereocenters. The molecular weight excluding hydrogens is 795 g/mol. The molecular formula is C55H92N2Pd. The van der Waals surface area contributed by atoms with Crippen molar-refractivity contribution in [2.75, 3.05) is 0 Å². The van der Waals surface area contributed by atoms with Crippen LogP contribution in [0.1, 0.15) is 249 Å². The second-order valence-corrected chi connectivity index (χ2v) is 19.5. The van der Waals surface area contributed by atoms with Crippen molar-refractivity contribution < 1.29 is 22.7 Å². The average molecular weight is 888 g/mol. The van der Waals surface area contributed by atoms with Crippen LogP contribution in [0.15, 0.2) is 35.4 Å². The van der Waals surface area contributed by atoms with Crippen molar-refractivity contribution in [2.24, 2.45) is 0 Å². The Morgan fingerprint density at radius 2 is 0.724 bits per heavy atom. The number of hydrogen-bond acceptors (Lipinski definition) is 0. The van der Waals surface area contributed by atoms with Gasteiger partial charge in [-0.3, -0.25) is 0 Å². The fraction of sp³-hybridized carbons (Fsp3) is 0.709. The van der Waals surface area contributed by atoms with E-state index in [1.54, 1.807) is 15.8 Å². The third-order valence-corrected chi connectivity index (χ3v) is 14.1. The van der Waals surface area contributed by atoms with Crippen LogP contribution in [0.5, 0.6) is 0 Å². The van der Waals surface area contributed by atoms with Crippen LogP contribution in [0.3, 0.4) is 0 Å². The molecule has 0 atom stereocenters. The van der Waals surface area contributed by atoms with Crippen LogP contribution in [0.2, 0.25) is 9.79 Å². The number of aryl methyl sites for hydroxylation is 4. The van der Waals surface area contributed by atoms with Gasteiger partial charge < -0.3 is 5.53 Å². The molecule has 0 bridgehead atoms. The molecule has 1 aliphatic heterocycles. The number of hydrogen-bond donors (Lipinski definition) is 0. The van der Waals surface area contributed by atoms with E-state index in [9.17, 15) is 5.53 Å². The summed E-state index contributed by atoms with van der Waals surface area (Å²) in [5.74, 6) is 0. The summed E-state index contributed by atoms with van der Waals surface area (Å²) < 4.78 is 1.69. The average Bonchev–Trinajstić information content (AvgIpc) is 3.50. The first-order valence-corrected chi connectivity index (χ1v) is 27.3. The van der Waals surface area contributed by atoms with E-state index < -0.39 is 0 Å². The summed E-state index contributed by atoms with van der Waals surface area (Å²) in [6, 6.07) is 9.97. The summed E-state index contributed by atoms with van der Waals surface area (Å²) in [6.07, 6.45) is 32.6. The summed E-state index contributed by atoms with van der Waals surface area (Å²) in [4.78, 5) is 3.01. The van der Waals surface area contributed by atoms with Gasteiger partial charge in [0.15, 0.2) is 0 Å². The summed E-state index contributed by atoms with van der Waals surface area (Å²) in [6.45, 7) is 23.1. The fourth-order valence-electron chi connectivity index (χ4n) is 8.61. The van der Waals surface area contributed by atoms with E-state index in [-0.39, 0.29) is 0 Å². The maximum atomic E-state index is 12.7. The predicted molar refractivity (Wildman–Crippen MR) is 256 cm³/mol. The maximum absolute atomic E-state index is 12.7. The SMILES string of the molecule is CCCCCCC1=C(c2cc(CCC)c(CCC)c(CCC)c2)[N+](=[N-])C(c2cc(CCCC)c(CCCC)c(CCCC)c2)=C1CCCC.CCC[CH2][Pd][CH2]CCC. The van der Waals surface area contributed by atoms with Crippen molar-refractivity contribution in [3.05, 3.63) is 85.5 Å². The number of unbranched alkanes of at least 4 members (excludes halogenated alkanes) is 9. The molecule has 332 valence electrons. The molecule has 0 fully saturated rings. The van der Waals surface area contributed by atoms with Gasteiger partial charge in [0.2, 0.25) is 11.4 Å². The van der Waals surface area contributed by atoms with Crippen molar-refractivity contribution in [3.8, 4) is 0 Å². The minimum absolute atomic E-state index is 1.03. The normalized spacial score (nSPS) is 13.0. The van der Waals surface area contributed by atoms with Crippen molar-refractivity contribution >= 4 is 11.4 Å². The molecule has 0 saturated carbocycles. The number of benzene rings is 2. The Labute approximate surface area is 370 Å². The van der Waals surface area contributed by atoms with Gasteiger partial charge in [0.1, 0.15) is 0 Å². The molecule has 58 heavy (non-hydrogen) atoms. The Bertz CT molecular complexity index is 1450. The quantitative estimate of drug-likeness (QED) is 0.0410. The minimum atomic E-state index is 1.03. The molecule has 2 aromatic rings. The van der Waals surface area contributed by atoms with Gasteiger partial charge in [-0.1, -0.05) is 120 Å². The molecule has 0 amide bonds. The van der Waals surface area contributed by atoms with Crippen LogP contribution in [0, 0.1) is 0 Å². The topological polar surface area (TPSA) is 25.3 Å². The van der Waals surface area contributed by atoms with Crippen LogP contribution in [-0.4, -0.2) is 4.70 Å². The Hall–Kier alpha value is -1.82. The molecule has 1 aliphatic rings.